The number of fused-ring (bicyclic) bond motifs is 1. The van der Waals surface area contributed by atoms with Gasteiger partial charge in [-0.25, -0.2) is 4.98 Å². The minimum absolute atomic E-state index is 0.0746. The van der Waals surface area contributed by atoms with Crippen molar-refractivity contribution < 1.29 is 4.79 Å². The van der Waals surface area contributed by atoms with Crippen molar-refractivity contribution >= 4 is 16.8 Å². The Morgan fingerprint density at radius 1 is 1.33 bits per heavy atom. The first-order chi connectivity index (χ1) is 11.6. The first-order valence-corrected chi connectivity index (χ1v) is 8.37. The zero-order chi connectivity index (χ0) is 16.7. The van der Waals surface area contributed by atoms with Gasteiger partial charge in [0.25, 0.3) is 5.91 Å². The molecule has 124 valence electrons. The number of carbonyl (C=O) groups is 1. The van der Waals surface area contributed by atoms with Crippen molar-refractivity contribution in [1.82, 2.24) is 25.1 Å². The van der Waals surface area contributed by atoms with Crippen molar-refractivity contribution in [1.29, 1.82) is 0 Å². The van der Waals surface area contributed by atoms with E-state index in [1.165, 1.54) is 11.9 Å². The number of aromatic amines is 2. The molecule has 1 unspecified atom stereocenters. The predicted octanol–water partition coefficient (Wildman–Crippen LogP) is 2.92. The van der Waals surface area contributed by atoms with Crippen LogP contribution in [0.3, 0.4) is 0 Å². The Kier molecular flexibility index (Phi) is 3.59. The second kappa shape index (κ2) is 5.78. The molecule has 1 amide bonds. The minimum atomic E-state index is 0.0746. The molecule has 6 nitrogen and oxygen atoms in total. The van der Waals surface area contributed by atoms with E-state index < -0.39 is 0 Å². The number of hydrogen-bond donors (Lipinski definition) is 2. The molecule has 0 spiro atoms. The molecule has 1 saturated heterocycles. The van der Waals surface area contributed by atoms with Crippen LogP contribution in [0.25, 0.3) is 10.9 Å². The summed E-state index contributed by atoms with van der Waals surface area (Å²) in [5, 5.41) is 8.00. The normalized spacial score (nSPS) is 18.2. The van der Waals surface area contributed by atoms with Crippen LogP contribution in [-0.4, -0.2) is 44.1 Å². The van der Waals surface area contributed by atoms with E-state index in [1.54, 1.807) is 0 Å². The summed E-state index contributed by atoms with van der Waals surface area (Å²) in [5.74, 6) is 1.18. The number of aryl methyl sites for hydroxylation is 2. The third-order valence-electron chi connectivity index (χ3n) is 4.96. The molecule has 0 radical (unpaired) electrons. The molecule has 4 rings (SSSR count). The third kappa shape index (κ3) is 2.48. The highest BCUT2D eigenvalue weighted by Gasteiger charge is 2.28. The lowest BCUT2D eigenvalue weighted by molar-refractivity contribution is 0.0699. The number of rotatable bonds is 2. The summed E-state index contributed by atoms with van der Waals surface area (Å²) in [6.45, 7) is 5.56. The van der Waals surface area contributed by atoms with E-state index in [-0.39, 0.29) is 11.8 Å². The molecule has 3 heterocycles. The molecule has 1 fully saturated rings. The number of aromatic nitrogens is 4. The summed E-state index contributed by atoms with van der Waals surface area (Å²) >= 11 is 0. The van der Waals surface area contributed by atoms with Gasteiger partial charge in [0.15, 0.2) is 0 Å². The van der Waals surface area contributed by atoms with Gasteiger partial charge in [0, 0.05) is 29.9 Å². The zero-order valence-corrected chi connectivity index (χ0v) is 14.0. The molecule has 1 aromatic carbocycles. The average molecular weight is 323 g/mol. The maximum absolute atomic E-state index is 13.0. The van der Waals surface area contributed by atoms with Crippen molar-refractivity contribution in [3.05, 3.63) is 47.2 Å². The molecule has 6 heteroatoms. The van der Waals surface area contributed by atoms with Crippen LogP contribution in [-0.2, 0) is 0 Å². The van der Waals surface area contributed by atoms with E-state index in [9.17, 15) is 4.79 Å². The van der Waals surface area contributed by atoms with Crippen LogP contribution in [0.4, 0.5) is 0 Å². The number of H-pyrrole nitrogens is 2. The highest BCUT2D eigenvalue weighted by molar-refractivity contribution is 6.01. The van der Waals surface area contributed by atoms with Gasteiger partial charge in [-0.3, -0.25) is 9.89 Å². The van der Waals surface area contributed by atoms with Crippen molar-refractivity contribution in [2.45, 2.75) is 32.6 Å². The fraction of sp³-hybridized carbons (Fsp3) is 0.389. The summed E-state index contributed by atoms with van der Waals surface area (Å²) in [7, 11) is 0. The lowest BCUT2D eigenvalue weighted by Gasteiger charge is -2.31. The first kappa shape index (κ1) is 14.9. The smallest absolute Gasteiger partial charge is 0.270 e. The van der Waals surface area contributed by atoms with Crippen LogP contribution in [0.15, 0.2) is 24.5 Å². The molecule has 2 aromatic heterocycles. The Morgan fingerprint density at radius 2 is 2.21 bits per heavy atom. The number of benzene rings is 1. The zero-order valence-electron chi connectivity index (χ0n) is 14.0. The molecule has 24 heavy (non-hydrogen) atoms. The Labute approximate surface area is 140 Å². The van der Waals surface area contributed by atoms with E-state index in [2.05, 4.69) is 39.2 Å². The largest absolute Gasteiger partial charge is 0.350 e. The van der Waals surface area contributed by atoms with Crippen molar-refractivity contribution in [2.75, 3.05) is 13.1 Å². The first-order valence-electron chi connectivity index (χ1n) is 8.37. The molecule has 2 N–H and O–H groups in total. The van der Waals surface area contributed by atoms with Crippen LogP contribution in [0.1, 0.15) is 46.2 Å². The molecule has 3 aromatic rings. The number of amides is 1. The van der Waals surface area contributed by atoms with E-state index in [4.69, 9.17) is 0 Å². The lowest BCUT2D eigenvalue weighted by atomic mass is 9.97. The van der Waals surface area contributed by atoms with Gasteiger partial charge in [-0.15, -0.1) is 0 Å². The molecule has 0 saturated carbocycles. The number of piperidine rings is 1. The van der Waals surface area contributed by atoms with E-state index in [1.807, 2.05) is 17.9 Å². The second-order valence-electron chi connectivity index (χ2n) is 6.64. The highest BCUT2D eigenvalue weighted by atomic mass is 16.2. The van der Waals surface area contributed by atoms with Gasteiger partial charge in [-0.1, -0.05) is 11.6 Å². The summed E-state index contributed by atoms with van der Waals surface area (Å²) in [6, 6.07) is 6.24. The lowest BCUT2D eigenvalue weighted by Crippen LogP contribution is -2.39. The van der Waals surface area contributed by atoms with E-state index in [0.29, 0.717) is 12.2 Å². The summed E-state index contributed by atoms with van der Waals surface area (Å²) in [4.78, 5) is 22.5. The Morgan fingerprint density at radius 3 is 3.00 bits per heavy atom. The number of nitrogens with one attached hydrogen (secondary N) is 2. The van der Waals surface area contributed by atoms with Gasteiger partial charge < -0.3 is 9.88 Å². The number of likely N-dealkylation sites (tertiary alicyclic amines) is 1. The van der Waals surface area contributed by atoms with Crippen molar-refractivity contribution in [3.63, 3.8) is 0 Å². The Balaban J connectivity index is 1.62. The van der Waals surface area contributed by atoms with Crippen LogP contribution in [0.5, 0.6) is 0 Å². The molecule has 1 atom stereocenters. The monoisotopic (exact) mass is 323 g/mol. The standard InChI is InChI=1S/C18H21N5O/c1-11-5-6-15-14(8-11)12(2)16(21-15)18(24)23-7-3-4-13(9-23)17-19-10-20-22-17/h5-6,8,10,13,21H,3-4,7,9H2,1-2H3,(H,19,20,22). The second-order valence-corrected chi connectivity index (χ2v) is 6.64. The number of hydrogen-bond acceptors (Lipinski definition) is 3. The van der Waals surface area contributed by atoms with Gasteiger partial charge >= 0.3 is 0 Å². The van der Waals surface area contributed by atoms with Gasteiger partial charge in [0.1, 0.15) is 17.8 Å². The van der Waals surface area contributed by atoms with Crippen molar-refractivity contribution in [3.8, 4) is 0 Å². The predicted molar refractivity (Wildman–Crippen MR) is 92.0 cm³/mol. The Bertz CT molecular complexity index is 880. The maximum Gasteiger partial charge on any atom is 0.270 e. The van der Waals surface area contributed by atoms with Crippen molar-refractivity contribution in [2.24, 2.45) is 0 Å². The van der Waals surface area contributed by atoms with Gasteiger partial charge in [0.05, 0.1) is 0 Å². The topological polar surface area (TPSA) is 77.7 Å². The molecule has 1 aliphatic rings. The molecule has 1 aliphatic heterocycles. The summed E-state index contributed by atoms with van der Waals surface area (Å²) in [5.41, 5.74) is 3.95. The molecular formula is C18H21N5O. The van der Waals surface area contributed by atoms with E-state index in [0.717, 1.165) is 41.7 Å². The fourth-order valence-corrected chi connectivity index (χ4v) is 3.61. The van der Waals surface area contributed by atoms with Crippen LogP contribution in [0, 0.1) is 13.8 Å². The van der Waals surface area contributed by atoms with E-state index >= 15 is 0 Å². The quantitative estimate of drug-likeness (QED) is 0.761. The number of carbonyl (C=O) groups excluding carboxylic acids is 1. The van der Waals surface area contributed by atoms with Gasteiger partial charge in [-0.05, 0) is 44.4 Å². The summed E-state index contributed by atoms with van der Waals surface area (Å²) < 4.78 is 0. The van der Waals surface area contributed by atoms with Gasteiger partial charge in [0.2, 0.25) is 0 Å². The van der Waals surface area contributed by atoms with Crippen LogP contribution < -0.4 is 0 Å². The summed E-state index contributed by atoms with van der Waals surface area (Å²) in [6.07, 6.45) is 3.54. The molecule has 0 bridgehead atoms. The molecule has 0 aliphatic carbocycles. The SMILES string of the molecule is Cc1ccc2[nH]c(C(=O)N3CCCC(c4ncn[nH]4)C3)c(C)c2c1. The molecular weight excluding hydrogens is 302 g/mol. The highest BCUT2D eigenvalue weighted by Crippen LogP contribution is 2.28. The average Bonchev–Trinajstić information content (AvgIpc) is 3.24. The third-order valence-corrected chi connectivity index (χ3v) is 4.96. The Hall–Kier alpha value is -2.63. The maximum atomic E-state index is 13.0. The van der Waals surface area contributed by atoms with Gasteiger partial charge in [-0.2, -0.15) is 5.10 Å². The fourth-order valence-electron chi connectivity index (χ4n) is 3.61. The number of nitrogens with zero attached hydrogens (tertiary/aromatic N) is 3. The van der Waals surface area contributed by atoms with Crippen LogP contribution >= 0.6 is 0 Å². The minimum Gasteiger partial charge on any atom is -0.350 e. The van der Waals surface area contributed by atoms with Crippen LogP contribution in [0.2, 0.25) is 0 Å².